The SMILES string of the molecule is CC1=C(C)C[C@@H](C(=O)Nc2ccc3c(c2)OCO3)[C@H](C(=O)O)C1. The third kappa shape index (κ3) is 3.02. The first kappa shape index (κ1) is 15.4. The van der Waals surface area contributed by atoms with Crippen LogP contribution in [-0.2, 0) is 9.59 Å². The lowest BCUT2D eigenvalue weighted by molar-refractivity contribution is -0.146. The monoisotopic (exact) mass is 317 g/mol. The number of hydrogen-bond donors (Lipinski definition) is 2. The Bertz CT molecular complexity index is 694. The highest BCUT2D eigenvalue weighted by Gasteiger charge is 2.37. The van der Waals surface area contributed by atoms with Gasteiger partial charge in [0.25, 0.3) is 0 Å². The van der Waals surface area contributed by atoms with Crippen LogP contribution >= 0.6 is 0 Å². The number of carboxylic acids is 1. The van der Waals surface area contributed by atoms with Crippen molar-refractivity contribution < 1.29 is 24.2 Å². The van der Waals surface area contributed by atoms with Crippen LogP contribution in [0.5, 0.6) is 11.5 Å². The van der Waals surface area contributed by atoms with Crippen molar-refractivity contribution >= 4 is 17.6 Å². The number of aliphatic carboxylic acids is 1. The molecular formula is C17H19NO5. The van der Waals surface area contributed by atoms with Crippen molar-refractivity contribution in [3.05, 3.63) is 29.3 Å². The number of carboxylic acid groups (broad SMARTS) is 1. The van der Waals surface area contributed by atoms with Crippen LogP contribution in [0.25, 0.3) is 0 Å². The number of benzene rings is 1. The molecule has 1 aliphatic carbocycles. The van der Waals surface area contributed by atoms with E-state index in [-0.39, 0.29) is 12.7 Å². The van der Waals surface area contributed by atoms with E-state index in [0.29, 0.717) is 30.0 Å². The van der Waals surface area contributed by atoms with Crippen LogP contribution in [0.4, 0.5) is 5.69 Å². The van der Waals surface area contributed by atoms with Gasteiger partial charge in [-0.3, -0.25) is 9.59 Å². The molecule has 1 aromatic carbocycles. The van der Waals surface area contributed by atoms with Gasteiger partial charge in [-0.1, -0.05) is 11.1 Å². The van der Waals surface area contributed by atoms with Crippen LogP contribution in [0.2, 0.25) is 0 Å². The van der Waals surface area contributed by atoms with E-state index in [1.807, 2.05) is 13.8 Å². The average Bonchev–Trinajstić information content (AvgIpc) is 2.96. The number of allylic oxidation sites excluding steroid dienone is 2. The zero-order chi connectivity index (χ0) is 16.6. The normalized spacial score (nSPS) is 22.9. The lowest BCUT2D eigenvalue weighted by Gasteiger charge is -2.29. The van der Waals surface area contributed by atoms with Gasteiger partial charge in [0.1, 0.15) is 0 Å². The minimum Gasteiger partial charge on any atom is -0.481 e. The van der Waals surface area contributed by atoms with Gasteiger partial charge in [-0.2, -0.15) is 0 Å². The number of nitrogens with one attached hydrogen (secondary N) is 1. The fourth-order valence-electron chi connectivity index (χ4n) is 3.04. The summed E-state index contributed by atoms with van der Waals surface area (Å²) < 4.78 is 10.5. The maximum atomic E-state index is 12.6. The number of carbonyl (C=O) groups is 2. The van der Waals surface area contributed by atoms with Gasteiger partial charge in [-0.05, 0) is 38.8 Å². The summed E-state index contributed by atoms with van der Waals surface area (Å²) in [7, 11) is 0. The van der Waals surface area contributed by atoms with E-state index in [1.165, 1.54) is 0 Å². The van der Waals surface area contributed by atoms with Crippen molar-refractivity contribution in [2.75, 3.05) is 12.1 Å². The van der Waals surface area contributed by atoms with E-state index in [0.717, 1.165) is 11.1 Å². The minimum atomic E-state index is -0.928. The molecule has 23 heavy (non-hydrogen) atoms. The molecule has 1 heterocycles. The number of hydrogen-bond acceptors (Lipinski definition) is 4. The summed E-state index contributed by atoms with van der Waals surface area (Å²) in [6.45, 7) is 4.05. The number of amides is 1. The molecule has 2 atom stereocenters. The van der Waals surface area contributed by atoms with E-state index in [9.17, 15) is 14.7 Å². The Kier molecular flexibility index (Phi) is 3.98. The first-order valence-corrected chi connectivity index (χ1v) is 7.54. The van der Waals surface area contributed by atoms with Gasteiger partial charge < -0.3 is 19.9 Å². The third-order valence-corrected chi connectivity index (χ3v) is 4.56. The van der Waals surface area contributed by atoms with Crippen LogP contribution in [0.1, 0.15) is 26.7 Å². The van der Waals surface area contributed by atoms with Crippen LogP contribution in [0.15, 0.2) is 29.3 Å². The molecular weight excluding hydrogens is 298 g/mol. The third-order valence-electron chi connectivity index (χ3n) is 4.56. The first-order chi connectivity index (χ1) is 11.0. The molecule has 0 bridgehead atoms. The summed E-state index contributed by atoms with van der Waals surface area (Å²) in [4.78, 5) is 24.1. The van der Waals surface area contributed by atoms with Crippen molar-refractivity contribution in [1.29, 1.82) is 0 Å². The summed E-state index contributed by atoms with van der Waals surface area (Å²) in [6, 6.07) is 5.13. The van der Waals surface area contributed by atoms with Crippen molar-refractivity contribution in [3.8, 4) is 11.5 Å². The van der Waals surface area contributed by atoms with Crippen molar-refractivity contribution in [2.24, 2.45) is 11.8 Å². The predicted molar refractivity (Wildman–Crippen MR) is 83.4 cm³/mol. The fourth-order valence-corrected chi connectivity index (χ4v) is 3.04. The van der Waals surface area contributed by atoms with Gasteiger partial charge in [-0.15, -0.1) is 0 Å². The number of anilines is 1. The highest BCUT2D eigenvalue weighted by Crippen LogP contribution is 2.37. The van der Waals surface area contributed by atoms with E-state index < -0.39 is 17.8 Å². The molecule has 1 aliphatic heterocycles. The van der Waals surface area contributed by atoms with Crippen molar-refractivity contribution in [1.82, 2.24) is 0 Å². The average molecular weight is 317 g/mol. The number of fused-ring (bicyclic) bond motifs is 1. The van der Waals surface area contributed by atoms with E-state index >= 15 is 0 Å². The Balaban J connectivity index is 1.77. The Hall–Kier alpha value is -2.50. The summed E-state index contributed by atoms with van der Waals surface area (Å²) >= 11 is 0. The first-order valence-electron chi connectivity index (χ1n) is 7.54. The van der Waals surface area contributed by atoms with Crippen LogP contribution in [-0.4, -0.2) is 23.8 Å². The maximum Gasteiger partial charge on any atom is 0.307 e. The van der Waals surface area contributed by atoms with Crippen LogP contribution in [0.3, 0.4) is 0 Å². The molecule has 6 heteroatoms. The molecule has 0 spiro atoms. The molecule has 2 N–H and O–H groups in total. The Morgan fingerprint density at radius 2 is 1.74 bits per heavy atom. The summed E-state index contributed by atoms with van der Waals surface area (Å²) in [5.74, 6) is -1.24. The molecule has 0 unspecified atom stereocenters. The lowest BCUT2D eigenvalue weighted by atomic mass is 9.76. The van der Waals surface area contributed by atoms with Gasteiger partial charge in [0.05, 0.1) is 11.8 Å². The molecule has 1 amide bonds. The summed E-state index contributed by atoms with van der Waals surface area (Å²) in [5.41, 5.74) is 2.73. The van der Waals surface area contributed by atoms with E-state index in [2.05, 4.69) is 5.32 Å². The second-order valence-corrected chi connectivity index (χ2v) is 6.08. The maximum absolute atomic E-state index is 12.6. The summed E-state index contributed by atoms with van der Waals surface area (Å²) in [5, 5.41) is 12.2. The minimum absolute atomic E-state index is 0.166. The van der Waals surface area contributed by atoms with Gasteiger partial charge in [0, 0.05) is 11.8 Å². The van der Waals surface area contributed by atoms with Crippen molar-refractivity contribution in [2.45, 2.75) is 26.7 Å². The number of ether oxygens (including phenoxy) is 2. The molecule has 122 valence electrons. The second-order valence-electron chi connectivity index (χ2n) is 6.08. The molecule has 0 saturated carbocycles. The van der Waals surface area contributed by atoms with Gasteiger partial charge in [0.15, 0.2) is 11.5 Å². The molecule has 1 aromatic rings. The zero-order valence-electron chi connectivity index (χ0n) is 13.1. The fraction of sp³-hybridized carbons (Fsp3) is 0.412. The van der Waals surface area contributed by atoms with E-state index in [1.54, 1.807) is 18.2 Å². The smallest absolute Gasteiger partial charge is 0.307 e. The highest BCUT2D eigenvalue weighted by atomic mass is 16.7. The van der Waals surface area contributed by atoms with Gasteiger partial charge >= 0.3 is 5.97 Å². The lowest BCUT2D eigenvalue weighted by Crippen LogP contribution is -2.36. The van der Waals surface area contributed by atoms with Crippen LogP contribution < -0.4 is 14.8 Å². The van der Waals surface area contributed by atoms with Gasteiger partial charge in [0.2, 0.25) is 12.7 Å². The quantitative estimate of drug-likeness (QED) is 0.837. The van der Waals surface area contributed by atoms with Crippen LogP contribution in [0, 0.1) is 11.8 Å². The molecule has 3 rings (SSSR count). The number of carbonyl (C=O) groups excluding carboxylic acids is 1. The second kappa shape index (κ2) is 5.95. The number of rotatable bonds is 3. The molecule has 0 aromatic heterocycles. The van der Waals surface area contributed by atoms with Crippen molar-refractivity contribution in [3.63, 3.8) is 0 Å². The summed E-state index contributed by atoms with van der Waals surface area (Å²) in [6.07, 6.45) is 0.888. The Morgan fingerprint density at radius 3 is 2.43 bits per heavy atom. The Morgan fingerprint density at radius 1 is 1.09 bits per heavy atom. The zero-order valence-corrected chi connectivity index (χ0v) is 13.1. The van der Waals surface area contributed by atoms with Gasteiger partial charge in [-0.25, -0.2) is 0 Å². The largest absolute Gasteiger partial charge is 0.481 e. The van der Waals surface area contributed by atoms with E-state index in [4.69, 9.17) is 9.47 Å². The Labute approximate surface area is 134 Å². The highest BCUT2D eigenvalue weighted by molar-refractivity contribution is 5.95. The molecule has 6 nitrogen and oxygen atoms in total. The molecule has 2 aliphatic rings. The molecule has 0 radical (unpaired) electrons. The molecule has 0 saturated heterocycles. The molecule has 0 fully saturated rings. The topological polar surface area (TPSA) is 84.9 Å². The standard InChI is InChI=1S/C17H19NO5/c1-9-5-12(13(17(20)21)6-10(9)2)16(19)18-11-3-4-14-15(7-11)23-8-22-14/h3-4,7,12-13H,5-6,8H2,1-2H3,(H,18,19)(H,20,21)/t12-,13-/m1/s1. The predicted octanol–water partition coefficient (Wildman–Crippen LogP) is 2.80.